The first-order valence-electron chi connectivity index (χ1n) is 14.1. The summed E-state index contributed by atoms with van der Waals surface area (Å²) in [5, 5.41) is 9.29. The number of phenolic OH excluding ortho intramolecular Hbond substituents is 1. The molecule has 1 saturated carbocycles. The third-order valence-electron chi connectivity index (χ3n) is 6.66. The second-order valence-corrected chi connectivity index (χ2v) is 9.92. The summed E-state index contributed by atoms with van der Waals surface area (Å²) in [7, 11) is 0. The molecule has 2 aromatic carbocycles. The van der Waals surface area contributed by atoms with Gasteiger partial charge in [0, 0.05) is 0 Å². The lowest BCUT2D eigenvalue weighted by atomic mass is 9.77. The fourth-order valence-electron chi connectivity index (χ4n) is 4.68. The Kier molecular flexibility index (Phi) is 16.4. The van der Waals surface area contributed by atoms with Crippen LogP contribution in [0.2, 0.25) is 0 Å². The average molecular weight is 471 g/mol. The zero-order valence-electron chi connectivity index (χ0n) is 22.7. The van der Waals surface area contributed by atoms with E-state index in [2.05, 4.69) is 58.9 Å². The molecule has 1 aliphatic rings. The normalized spacial score (nSPS) is 17.2. The van der Waals surface area contributed by atoms with Crippen molar-refractivity contribution in [2.24, 2.45) is 5.92 Å². The van der Waals surface area contributed by atoms with Crippen molar-refractivity contribution in [3.05, 3.63) is 53.8 Å². The van der Waals surface area contributed by atoms with E-state index in [9.17, 15) is 9.50 Å². The molecule has 3 rings (SSSR count). The Morgan fingerprint density at radius 2 is 1.24 bits per heavy atom. The van der Waals surface area contributed by atoms with Crippen LogP contribution in [0.25, 0.3) is 11.1 Å². The van der Waals surface area contributed by atoms with Gasteiger partial charge in [-0.2, -0.15) is 0 Å². The molecule has 0 atom stereocenters. The Labute approximate surface area is 210 Å². The molecule has 0 bridgehead atoms. The molecule has 0 saturated heterocycles. The number of unbranched alkanes of at least 4 members (excludes halogenated alkanes) is 5. The molecule has 0 aromatic heterocycles. The van der Waals surface area contributed by atoms with E-state index in [0.29, 0.717) is 5.92 Å². The van der Waals surface area contributed by atoms with Gasteiger partial charge in [-0.25, -0.2) is 4.39 Å². The number of benzene rings is 2. The van der Waals surface area contributed by atoms with Gasteiger partial charge in [-0.3, -0.25) is 0 Å². The summed E-state index contributed by atoms with van der Waals surface area (Å²) in [6.07, 6.45) is 17.7. The van der Waals surface area contributed by atoms with Crippen molar-refractivity contribution >= 4 is 0 Å². The van der Waals surface area contributed by atoms with Crippen LogP contribution in [0.15, 0.2) is 42.5 Å². The van der Waals surface area contributed by atoms with Crippen LogP contribution in [-0.2, 0) is 0 Å². The van der Waals surface area contributed by atoms with E-state index in [1.807, 2.05) is 0 Å². The highest BCUT2D eigenvalue weighted by atomic mass is 19.1. The van der Waals surface area contributed by atoms with Crippen molar-refractivity contribution in [2.45, 2.75) is 124 Å². The minimum absolute atomic E-state index is 0.297. The molecule has 0 unspecified atom stereocenters. The SMILES string of the molecule is CCC.CCCC1CCC(c2ccc(-c3ccc(O)c(F)c3)cc2)CC1.CCCCCCCC. The maximum absolute atomic E-state index is 13.5. The minimum atomic E-state index is -0.569. The first-order chi connectivity index (χ1) is 16.5. The lowest BCUT2D eigenvalue weighted by molar-refractivity contribution is 0.308. The summed E-state index contributed by atoms with van der Waals surface area (Å²) >= 11 is 0. The van der Waals surface area contributed by atoms with Gasteiger partial charge in [-0.05, 0) is 66.3 Å². The van der Waals surface area contributed by atoms with Crippen LogP contribution >= 0.6 is 0 Å². The van der Waals surface area contributed by atoms with Crippen molar-refractivity contribution < 1.29 is 9.50 Å². The fraction of sp³-hybridized carbons (Fsp3) is 0.625. The molecule has 0 radical (unpaired) electrons. The van der Waals surface area contributed by atoms with E-state index >= 15 is 0 Å². The maximum atomic E-state index is 13.5. The van der Waals surface area contributed by atoms with Gasteiger partial charge in [-0.1, -0.05) is 123 Å². The van der Waals surface area contributed by atoms with Gasteiger partial charge in [0.1, 0.15) is 0 Å². The third kappa shape index (κ3) is 11.5. The smallest absolute Gasteiger partial charge is 0.165 e. The molecule has 0 aliphatic heterocycles. The number of hydrogen-bond donors (Lipinski definition) is 1. The van der Waals surface area contributed by atoms with Crippen molar-refractivity contribution in [2.75, 3.05) is 0 Å². The lowest BCUT2D eigenvalue weighted by Gasteiger charge is -2.28. The number of hydrogen-bond acceptors (Lipinski definition) is 1. The first-order valence-corrected chi connectivity index (χ1v) is 14.1. The molecule has 0 amide bonds. The van der Waals surface area contributed by atoms with E-state index < -0.39 is 5.82 Å². The van der Waals surface area contributed by atoms with E-state index in [4.69, 9.17) is 0 Å². The number of aromatic hydroxyl groups is 1. The molecule has 192 valence electrons. The molecule has 2 aromatic rings. The minimum Gasteiger partial charge on any atom is -0.505 e. The van der Waals surface area contributed by atoms with Gasteiger partial charge >= 0.3 is 0 Å². The molecule has 0 heterocycles. The largest absolute Gasteiger partial charge is 0.505 e. The highest BCUT2D eigenvalue weighted by Gasteiger charge is 2.21. The summed E-state index contributed by atoms with van der Waals surface area (Å²) in [4.78, 5) is 0. The Balaban J connectivity index is 0.000000443. The molecular formula is C32H51FO. The quantitative estimate of drug-likeness (QED) is 0.361. The Hall–Kier alpha value is -1.83. The van der Waals surface area contributed by atoms with Gasteiger partial charge in [0.25, 0.3) is 0 Å². The van der Waals surface area contributed by atoms with Crippen LogP contribution in [0.1, 0.15) is 130 Å². The van der Waals surface area contributed by atoms with Crippen LogP contribution in [-0.4, -0.2) is 5.11 Å². The highest BCUT2D eigenvalue weighted by molar-refractivity contribution is 5.64. The van der Waals surface area contributed by atoms with Gasteiger partial charge in [-0.15, -0.1) is 0 Å². The molecular weight excluding hydrogens is 419 g/mol. The predicted molar refractivity (Wildman–Crippen MR) is 148 cm³/mol. The topological polar surface area (TPSA) is 20.2 Å². The zero-order chi connectivity index (χ0) is 25.2. The van der Waals surface area contributed by atoms with Gasteiger partial charge in [0.2, 0.25) is 0 Å². The number of rotatable bonds is 9. The summed E-state index contributed by atoms with van der Waals surface area (Å²) in [6.45, 7) is 11.0. The van der Waals surface area contributed by atoms with Crippen molar-refractivity contribution in [1.29, 1.82) is 0 Å². The van der Waals surface area contributed by atoms with Gasteiger partial charge in [0.15, 0.2) is 11.6 Å². The van der Waals surface area contributed by atoms with Crippen LogP contribution in [0.3, 0.4) is 0 Å². The molecule has 0 spiro atoms. The number of phenols is 1. The fourth-order valence-corrected chi connectivity index (χ4v) is 4.68. The molecule has 1 N–H and O–H groups in total. The van der Waals surface area contributed by atoms with Gasteiger partial charge in [0.05, 0.1) is 0 Å². The summed E-state index contributed by atoms with van der Waals surface area (Å²) in [5.74, 6) is 0.735. The second-order valence-electron chi connectivity index (χ2n) is 9.92. The summed E-state index contributed by atoms with van der Waals surface area (Å²) < 4.78 is 13.5. The predicted octanol–water partition coefficient (Wildman–Crippen LogP) is 11.1. The molecule has 1 aliphatic carbocycles. The van der Waals surface area contributed by atoms with Crippen LogP contribution < -0.4 is 0 Å². The Bertz CT molecular complexity index is 738. The second kappa shape index (κ2) is 18.5. The van der Waals surface area contributed by atoms with Crippen molar-refractivity contribution in [3.8, 4) is 16.9 Å². The molecule has 2 heteroatoms. The van der Waals surface area contributed by atoms with Crippen LogP contribution in [0.4, 0.5) is 4.39 Å². The van der Waals surface area contributed by atoms with Crippen LogP contribution in [0.5, 0.6) is 5.75 Å². The third-order valence-corrected chi connectivity index (χ3v) is 6.66. The van der Waals surface area contributed by atoms with E-state index in [0.717, 1.165) is 17.0 Å². The molecule has 1 fully saturated rings. The summed E-state index contributed by atoms with van der Waals surface area (Å²) in [6, 6.07) is 13.1. The van der Waals surface area contributed by atoms with Crippen molar-refractivity contribution in [3.63, 3.8) is 0 Å². The Morgan fingerprint density at radius 3 is 1.71 bits per heavy atom. The molecule has 1 nitrogen and oxygen atoms in total. The van der Waals surface area contributed by atoms with E-state index in [-0.39, 0.29) is 5.75 Å². The standard InChI is InChI=1S/C21H25FO.C8H18.C3H8/c1-2-3-15-4-6-16(7-5-15)17-8-10-18(11-9-17)19-12-13-21(23)20(22)14-19;1-3-5-7-8-6-4-2;1-3-2/h8-16,23H,2-7H2,1H3;3-8H2,1-2H3;3H2,1-2H3. The molecule has 34 heavy (non-hydrogen) atoms. The first kappa shape index (κ1) is 30.2. The zero-order valence-corrected chi connectivity index (χ0v) is 22.7. The monoisotopic (exact) mass is 470 g/mol. The number of halogens is 1. The van der Waals surface area contributed by atoms with Crippen molar-refractivity contribution in [1.82, 2.24) is 0 Å². The summed E-state index contributed by atoms with van der Waals surface area (Å²) in [5.41, 5.74) is 3.20. The lowest BCUT2D eigenvalue weighted by Crippen LogP contribution is -2.13. The van der Waals surface area contributed by atoms with Gasteiger partial charge < -0.3 is 5.11 Å². The maximum Gasteiger partial charge on any atom is 0.165 e. The average Bonchev–Trinajstić information content (AvgIpc) is 2.85. The van der Waals surface area contributed by atoms with E-state index in [1.54, 1.807) is 6.07 Å². The van der Waals surface area contributed by atoms with Crippen LogP contribution in [0, 0.1) is 11.7 Å². The Morgan fingerprint density at radius 1 is 0.706 bits per heavy atom. The highest BCUT2D eigenvalue weighted by Crippen LogP contribution is 2.38. The van der Waals surface area contributed by atoms with E-state index in [1.165, 1.54) is 101 Å².